The van der Waals surface area contributed by atoms with Crippen molar-refractivity contribution in [2.45, 2.75) is 62.7 Å². The van der Waals surface area contributed by atoms with Crippen molar-refractivity contribution in [3.8, 4) is 5.88 Å². The van der Waals surface area contributed by atoms with E-state index in [1.165, 1.54) is 19.3 Å². The van der Waals surface area contributed by atoms with Crippen LogP contribution in [0.15, 0.2) is 18.3 Å². The second-order valence-corrected chi connectivity index (χ2v) is 8.71. The number of likely N-dealkylation sites (tertiary alicyclic amines) is 1. The van der Waals surface area contributed by atoms with E-state index < -0.39 is 0 Å². The molecule has 0 atom stereocenters. The fourth-order valence-corrected chi connectivity index (χ4v) is 4.86. The summed E-state index contributed by atoms with van der Waals surface area (Å²) in [6.45, 7) is 4.68. The molecule has 1 aromatic heterocycles. The van der Waals surface area contributed by atoms with Crippen LogP contribution in [0.2, 0.25) is 0 Å². The van der Waals surface area contributed by atoms with Gasteiger partial charge in [-0.15, -0.1) is 0 Å². The first-order valence-electron chi connectivity index (χ1n) is 10.8. The molecule has 1 N–H and O–H groups in total. The average molecular weight is 386 g/mol. The maximum absolute atomic E-state index is 11.4. The zero-order chi connectivity index (χ0) is 19.0. The lowest BCUT2D eigenvalue weighted by Crippen LogP contribution is -2.47. The van der Waals surface area contributed by atoms with Crippen LogP contribution in [0, 0.1) is 0 Å². The van der Waals surface area contributed by atoms with Gasteiger partial charge in [0.25, 0.3) is 0 Å². The van der Waals surface area contributed by atoms with Gasteiger partial charge in [-0.1, -0.05) is 6.42 Å². The highest BCUT2D eigenvalue weighted by Gasteiger charge is 2.42. The third kappa shape index (κ3) is 3.64. The highest BCUT2D eigenvalue weighted by atomic mass is 16.6. The van der Waals surface area contributed by atoms with Gasteiger partial charge in [0.15, 0.2) is 0 Å². The summed E-state index contributed by atoms with van der Waals surface area (Å²) >= 11 is 0. The van der Waals surface area contributed by atoms with Gasteiger partial charge in [-0.3, -0.25) is 0 Å². The Labute approximate surface area is 166 Å². The van der Waals surface area contributed by atoms with Crippen molar-refractivity contribution in [3.63, 3.8) is 0 Å². The number of hydrogen-bond donors (Lipinski definition) is 1. The molecule has 0 aromatic carbocycles. The Kier molecular flexibility index (Phi) is 4.78. The van der Waals surface area contributed by atoms with Gasteiger partial charge in [-0.25, -0.2) is 9.78 Å². The van der Waals surface area contributed by atoms with E-state index in [0.29, 0.717) is 6.54 Å². The Bertz CT molecular complexity index is 690. The van der Waals surface area contributed by atoms with E-state index in [2.05, 4.69) is 26.2 Å². The van der Waals surface area contributed by atoms with Crippen LogP contribution in [-0.4, -0.2) is 66.4 Å². The van der Waals surface area contributed by atoms with Crippen LogP contribution < -0.4 is 15.0 Å². The monoisotopic (exact) mass is 386 g/mol. The number of ether oxygens (including phenoxy) is 2. The van der Waals surface area contributed by atoms with Crippen molar-refractivity contribution in [1.29, 1.82) is 0 Å². The number of alkyl carbamates (subject to hydrolysis) is 1. The number of amides is 1. The fraction of sp³-hybridized carbons (Fsp3) is 0.714. The lowest BCUT2D eigenvalue weighted by molar-refractivity contribution is 0.0366. The molecule has 7 nitrogen and oxygen atoms in total. The predicted octanol–water partition coefficient (Wildman–Crippen LogP) is 2.56. The third-order valence-corrected chi connectivity index (χ3v) is 6.98. The average Bonchev–Trinajstić information content (AvgIpc) is 3.03. The smallest absolute Gasteiger partial charge is 0.407 e. The minimum atomic E-state index is -0.307. The topological polar surface area (TPSA) is 66.9 Å². The molecule has 1 spiro atoms. The number of carbonyl (C=O) groups is 1. The predicted molar refractivity (Wildman–Crippen MR) is 106 cm³/mol. The minimum Gasteiger partial charge on any atom is -0.474 e. The van der Waals surface area contributed by atoms with E-state index in [4.69, 9.17) is 9.47 Å². The summed E-state index contributed by atoms with van der Waals surface area (Å²) in [6.07, 6.45) is 9.97. The molecule has 5 rings (SSSR count). The molecule has 0 bridgehead atoms. The van der Waals surface area contributed by atoms with E-state index in [9.17, 15) is 4.79 Å². The van der Waals surface area contributed by atoms with E-state index in [1.54, 1.807) is 0 Å². The van der Waals surface area contributed by atoms with Gasteiger partial charge in [0, 0.05) is 51.1 Å². The number of piperidine rings is 2. The van der Waals surface area contributed by atoms with Crippen LogP contribution in [0.5, 0.6) is 5.88 Å². The molecule has 4 fully saturated rings. The zero-order valence-corrected chi connectivity index (χ0v) is 16.4. The van der Waals surface area contributed by atoms with Crippen LogP contribution in [0.25, 0.3) is 0 Å². The van der Waals surface area contributed by atoms with Crippen molar-refractivity contribution < 1.29 is 14.3 Å². The van der Waals surface area contributed by atoms with Crippen LogP contribution in [0.4, 0.5) is 10.5 Å². The van der Waals surface area contributed by atoms with Crippen molar-refractivity contribution in [3.05, 3.63) is 18.3 Å². The van der Waals surface area contributed by atoms with E-state index >= 15 is 0 Å². The number of rotatable bonds is 4. The van der Waals surface area contributed by atoms with Crippen LogP contribution in [-0.2, 0) is 4.74 Å². The molecule has 3 aliphatic heterocycles. The lowest BCUT2D eigenvalue weighted by atomic mass is 9.90. The highest BCUT2D eigenvalue weighted by Crippen LogP contribution is 2.32. The van der Waals surface area contributed by atoms with Crippen molar-refractivity contribution in [2.24, 2.45) is 0 Å². The molecule has 7 heteroatoms. The molecule has 4 aliphatic rings. The number of anilines is 1. The fourth-order valence-electron chi connectivity index (χ4n) is 4.86. The Hall–Kier alpha value is -2.02. The second kappa shape index (κ2) is 7.43. The molecule has 28 heavy (non-hydrogen) atoms. The summed E-state index contributed by atoms with van der Waals surface area (Å²) in [5, 5.41) is 2.78. The maximum atomic E-state index is 11.4. The molecule has 1 aromatic rings. The molecule has 1 amide bonds. The zero-order valence-electron chi connectivity index (χ0n) is 16.4. The Balaban J connectivity index is 1.11. The molecular weight excluding hydrogens is 356 g/mol. The normalized spacial score (nSPS) is 26.0. The van der Waals surface area contributed by atoms with Gasteiger partial charge in [-0.05, 0) is 31.7 Å². The molecule has 3 saturated heterocycles. The summed E-state index contributed by atoms with van der Waals surface area (Å²) in [5.74, 6) is 0.730. The van der Waals surface area contributed by atoms with Gasteiger partial charge < -0.3 is 24.6 Å². The first kappa shape index (κ1) is 18.0. The van der Waals surface area contributed by atoms with Gasteiger partial charge in [-0.2, -0.15) is 0 Å². The standard InChI is InChI=1S/C21H30N4O3/c26-20-23-15-21(28-20)8-12-25(13-9-21)17-4-5-19(22-14-17)27-18-6-10-24(11-7-18)16-2-1-3-16/h4-5,14,16,18H,1-3,6-13,15H2,(H,23,26). The summed E-state index contributed by atoms with van der Waals surface area (Å²) in [6, 6.07) is 4.93. The number of pyridine rings is 1. The largest absolute Gasteiger partial charge is 0.474 e. The van der Waals surface area contributed by atoms with Crippen LogP contribution >= 0.6 is 0 Å². The molecule has 0 radical (unpaired) electrons. The quantitative estimate of drug-likeness (QED) is 0.858. The van der Waals surface area contributed by atoms with Crippen LogP contribution in [0.3, 0.4) is 0 Å². The van der Waals surface area contributed by atoms with Crippen molar-refractivity contribution >= 4 is 11.8 Å². The summed E-state index contributed by atoms with van der Waals surface area (Å²) in [5.41, 5.74) is 0.803. The number of hydrogen-bond acceptors (Lipinski definition) is 6. The van der Waals surface area contributed by atoms with E-state index in [-0.39, 0.29) is 17.8 Å². The SMILES string of the molecule is O=C1NCC2(CCN(c3ccc(OC4CCN(C5CCC5)CC4)nc3)CC2)O1. The van der Waals surface area contributed by atoms with Crippen LogP contribution in [0.1, 0.15) is 44.9 Å². The molecule has 1 saturated carbocycles. The van der Waals surface area contributed by atoms with Gasteiger partial charge >= 0.3 is 6.09 Å². The first-order valence-corrected chi connectivity index (χ1v) is 10.8. The lowest BCUT2D eigenvalue weighted by Gasteiger charge is -2.41. The molecule has 4 heterocycles. The van der Waals surface area contributed by atoms with Gasteiger partial charge in [0.05, 0.1) is 18.4 Å². The van der Waals surface area contributed by atoms with E-state index in [1.807, 2.05) is 12.3 Å². The second-order valence-electron chi connectivity index (χ2n) is 8.71. The first-order chi connectivity index (χ1) is 13.7. The molecule has 0 unspecified atom stereocenters. The van der Waals surface area contributed by atoms with Crippen molar-refractivity contribution in [1.82, 2.24) is 15.2 Å². The molecule has 1 aliphatic carbocycles. The maximum Gasteiger partial charge on any atom is 0.407 e. The Morgan fingerprint density at radius 2 is 1.89 bits per heavy atom. The Morgan fingerprint density at radius 1 is 1.11 bits per heavy atom. The number of nitrogens with zero attached hydrogens (tertiary/aromatic N) is 3. The molecular formula is C21H30N4O3. The summed E-state index contributed by atoms with van der Waals surface area (Å²) in [4.78, 5) is 20.9. The molecule has 152 valence electrons. The summed E-state index contributed by atoms with van der Waals surface area (Å²) < 4.78 is 11.6. The number of aromatic nitrogens is 1. The summed E-state index contributed by atoms with van der Waals surface area (Å²) in [7, 11) is 0. The number of carbonyl (C=O) groups excluding carboxylic acids is 1. The number of nitrogens with one attached hydrogen (secondary N) is 1. The van der Waals surface area contributed by atoms with E-state index in [0.717, 1.165) is 69.5 Å². The van der Waals surface area contributed by atoms with Gasteiger partial charge in [0.2, 0.25) is 5.88 Å². The van der Waals surface area contributed by atoms with Gasteiger partial charge in [0.1, 0.15) is 11.7 Å². The third-order valence-electron chi connectivity index (χ3n) is 6.98. The minimum absolute atomic E-state index is 0.282. The highest BCUT2D eigenvalue weighted by molar-refractivity contribution is 5.70. The van der Waals surface area contributed by atoms with Crippen molar-refractivity contribution in [2.75, 3.05) is 37.6 Å². The Morgan fingerprint density at radius 3 is 2.46 bits per heavy atom.